The van der Waals surface area contributed by atoms with Crippen LogP contribution < -0.4 is 0 Å². The van der Waals surface area contributed by atoms with Crippen LogP contribution in [-0.2, 0) is 0 Å². The minimum atomic E-state index is 0.663. The van der Waals surface area contributed by atoms with Crippen molar-refractivity contribution < 1.29 is 0 Å². The van der Waals surface area contributed by atoms with Gasteiger partial charge in [-0.1, -0.05) is 152 Å². The average Bonchev–Trinajstić information content (AvgIpc) is 3.29. The van der Waals surface area contributed by atoms with E-state index in [9.17, 15) is 0 Å². The van der Waals surface area contributed by atoms with Gasteiger partial charge in [0.1, 0.15) is 0 Å². The molecule has 10 rings (SSSR count). The first-order valence-electron chi connectivity index (χ1n) is 18.7. The van der Waals surface area contributed by atoms with Crippen LogP contribution in [0, 0.1) is 0 Å². The Balaban J connectivity index is 1.06. The summed E-state index contributed by atoms with van der Waals surface area (Å²) in [5, 5.41) is 2.13. The van der Waals surface area contributed by atoms with E-state index < -0.39 is 0 Å². The first-order valence-corrected chi connectivity index (χ1v) is 18.7. The van der Waals surface area contributed by atoms with E-state index in [0.29, 0.717) is 5.82 Å². The third kappa shape index (κ3) is 6.37. The first-order chi connectivity index (χ1) is 27.7. The smallest absolute Gasteiger partial charge is 0.160 e. The lowest BCUT2D eigenvalue weighted by Gasteiger charge is -2.14. The Morgan fingerprint density at radius 3 is 1.59 bits per heavy atom. The highest BCUT2D eigenvalue weighted by Gasteiger charge is 2.16. The standard InChI is InChI=1S/C51H33N5/c1-4-12-35(13-5-1)44-31-46(54-50-43(44)27-25-38-26-28-45(53-49(38)50)36-14-6-2-7-15-36)41-19-10-18-40(30-41)34-21-23-39(24-22-34)51-55-47(37-16-8-3-9-17-37)32-48(56-51)42-20-11-29-52-33-42/h1-33H. The van der Waals surface area contributed by atoms with Gasteiger partial charge in [0, 0.05) is 51.0 Å². The number of benzene rings is 6. The first kappa shape index (κ1) is 33.0. The number of hydrogen-bond acceptors (Lipinski definition) is 5. The van der Waals surface area contributed by atoms with Gasteiger partial charge in [0.05, 0.1) is 33.8 Å². The quantitative estimate of drug-likeness (QED) is 0.154. The molecule has 0 saturated heterocycles. The molecule has 4 heterocycles. The van der Waals surface area contributed by atoms with E-state index in [4.69, 9.17) is 19.9 Å². The van der Waals surface area contributed by atoms with Crippen molar-refractivity contribution in [3.05, 3.63) is 200 Å². The average molecular weight is 716 g/mol. The fourth-order valence-corrected chi connectivity index (χ4v) is 7.31. The van der Waals surface area contributed by atoms with E-state index in [2.05, 4.69) is 138 Å². The molecule has 0 spiro atoms. The molecule has 4 aromatic heterocycles. The van der Waals surface area contributed by atoms with Gasteiger partial charge in [-0.2, -0.15) is 0 Å². The van der Waals surface area contributed by atoms with Crippen LogP contribution >= 0.6 is 0 Å². The van der Waals surface area contributed by atoms with Gasteiger partial charge in [0.2, 0.25) is 0 Å². The van der Waals surface area contributed by atoms with Crippen molar-refractivity contribution in [2.45, 2.75) is 0 Å². The molecule has 0 atom stereocenters. The van der Waals surface area contributed by atoms with E-state index >= 15 is 0 Å². The predicted molar refractivity (Wildman–Crippen MR) is 228 cm³/mol. The molecule has 0 amide bonds. The highest BCUT2D eigenvalue weighted by Crippen LogP contribution is 2.37. The van der Waals surface area contributed by atoms with Crippen LogP contribution in [0.2, 0.25) is 0 Å². The molecule has 0 unspecified atom stereocenters. The molecule has 0 bridgehead atoms. The second-order valence-electron chi connectivity index (χ2n) is 13.7. The minimum Gasteiger partial charge on any atom is -0.264 e. The van der Waals surface area contributed by atoms with Gasteiger partial charge < -0.3 is 0 Å². The van der Waals surface area contributed by atoms with E-state index in [1.807, 2.05) is 60.8 Å². The summed E-state index contributed by atoms with van der Waals surface area (Å²) < 4.78 is 0. The van der Waals surface area contributed by atoms with Gasteiger partial charge in [0.15, 0.2) is 5.82 Å². The zero-order valence-corrected chi connectivity index (χ0v) is 30.3. The predicted octanol–water partition coefficient (Wildman–Crippen LogP) is 12.6. The van der Waals surface area contributed by atoms with Gasteiger partial charge in [-0.15, -0.1) is 0 Å². The van der Waals surface area contributed by atoms with Crippen molar-refractivity contribution in [2.75, 3.05) is 0 Å². The molecule has 0 N–H and O–H groups in total. The Hall–Kier alpha value is -7.63. The SMILES string of the molecule is c1ccc(-c2cc(-c3cccnc3)nc(-c3ccc(-c4cccc(-c5cc(-c6ccccc6)c6ccc7ccc(-c8ccccc8)nc7c6n5)c4)cc3)n2)cc1. The maximum absolute atomic E-state index is 5.37. The molecular formula is C51H33N5. The van der Waals surface area contributed by atoms with Crippen LogP contribution in [0.1, 0.15) is 0 Å². The van der Waals surface area contributed by atoms with Gasteiger partial charge in [-0.05, 0) is 58.7 Å². The zero-order valence-electron chi connectivity index (χ0n) is 30.3. The van der Waals surface area contributed by atoms with E-state index in [0.717, 1.165) is 94.7 Å². The molecule has 10 aromatic rings. The maximum atomic E-state index is 5.37. The summed E-state index contributed by atoms with van der Waals surface area (Å²) in [6.07, 6.45) is 3.61. The summed E-state index contributed by atoms with van der Waals surface area (Å²) in [5.41, 5.74) is 14.7. The summed E-state index contributed by atoms with van der Waals surface area (Å²) >= 11 is 0. The highest BCUT2D eigenvalue weighted by molar-refractivity contribution is 6.09. The number of hydrogen-bond donors (Lipinski definition) is 0. The number of pyridine rings is 3. The van der Waals surface area contributed by atoms with Gasteiger partial charge in [-0.25, -0.2) is 19.9 Å². The molecule has 0 aliphatic heterocycles. The lowest BCUT2D eigenvalue weighted by atomic mass is 9.95. The van der Waals surface area contributed by atoms with Gasteiger partial charge in [-0.3, -0.25) is 4.98 Å². The molecule has 262 valence electrons. The Bertz CT molecular complexity index is 2930. The van der Waals surface area contributed by atoms with Gasteiger partial charge >= 0.3 is 0 Å². The number of rotatable bonds is 7. The molecule has 0 aliphatic rings. The van der Waals surface area contributed by atoms with E-state index in [1.54, 1.807) is 6.20 Å². The monoisotopic (exact) mass is 715 g/mol. The maximum Gasteiger partial charge on any atom is 0.160 e. The summed E-state index contributed by atoms with van der Waals surface area (Å²) in [4.78, 5) is 24.9. The van der Waals surface area contributed by atoms with Crippen LogP contribution in [0.15, 0.2) is 200 Å². The summed E-state index contributed by atoms with van der Waals surface area (Å²) in [6, 6.07) is 64.9. The molecule has 6 aromatic carbocycles. The van der Waals surface area contributed by atoms with Gasteiger partial charge in [0.25, 0.3) is 0 Å². The van der Waals surface area contributed by atoms with Crippen LogP contribution in [0.3, 0.4) is 0 Å². The lowest BCUT2D eigenvalue weighted by Crippen LogP contribution is -1.96. The number of aromatic nitrogens is 5. The molecular weight excluding hydrogens is 683 g/mol. The lowest BCUT2D eigenvalue weighted by molar-refractivity contribution is 1.18. The van der Waals surface area contributed by atoms with E-state index in [-0.39, 0.29) is 0 Å². The van der Waals surface area contributed by atoms with Crippen molar-refractivity contribution in [2.24, 2.45) is 0 Å². The molecule has 0 fully saturated rings. The number of fused-ring (bicyclic) bond motifs is 3. The minimum absolute atomic E-state index is 0.663. The fraction of sp³-hybridized carbons (Fsp3) is 0. The summed E-state index contributed by atoms with van der Waals surface area (Å²) in [5.74, 6) is 0.663. The van der Waals surface area contributed by atoms with Crippen molar-refractivity contribution in [1.82, 2.24) is 24.9 Å². The summed E-state index contributed by atoms with van der Waals surface area (Å²) in [6.45, 7) is 0. The Morgan fingerprint density at radius 1 is 0.304 bits per heavy atom. The molecule has 5 nitrogen and oxygen atoms in total. The van der Waals surface area contributed by atoms with Crippen molar-refractivity contribution >= 4 is 21.8 Å². The normalized spacial score (nSPS) is 11.2. The zero-order chi connectivity index (χ0) is 37.3. The molecule has 0 saturated carbocycles. The highest BCUT2D eigenvalue weighted by atomic mass is 14.9. The second kappa shape index (κ2) is 14.3. The van der Waals surface area contributed by atoms with E-state index in [1.165, 1.54) is 0 Å². The third-order valence-electron chi connectivity index (χ3n) is 10.2. The Morgan fingerprint density at radius 2 is 0.875 bits per heavy atom. The Labute approximate surface area is 324 Å². The van der Waals surface area contributed by atoms with Crippen molar-refractivity contribution in [1.29, 1.82) is 0 Å². The van der Waals surface area contributed by atoms with Crippen LogP contribution in [0.4, 0.5) is 0 Å². The molecule has 0 radical (unpaired) electrons. The van der Waals surface area contributed by atoms with Crippen molar-refractivity contribution in [3.8, 4) is 78.7 Å². The second-order valence-corrected chi connectivity index (χ2v) is 13.7. The Kier molecular flexibility index (Phi) is 8.43. The molecule has 0 aliphatic carbocycles. The van der Waals surface area contributed by atoms with Crippen LogP contribution in [0.5, 0.6) is 0 Å². The van der Waals surface area contributed by atoms with Crippen molar-refractivity contribution in [3.63, 3.8) is 0 Å². The van der Waals surface area contributed by atoms with Crippen LogP contribution in [-0.4, -0.2) is 24.9 Å². The third-order valence-corrected chi connectivity index (χ3v) is 10.2. The fourth-order valence-electron chi connectivity index (χ4n) is 7.31. The molecule has 5 heteroatoms. The van der Waals surface area contributed by atoms with Crippen LogP contribution in [0.25, 0.3) is 100 Å². The number of nitrogens with zero attached hydrogens (tertiary/aromatic N) is 5. The largest absolute Gasteiger partial charge is 0.264 e. The molecule has 56 heavy (non-hydrogen) atoms. The summed E-state index contributed by atoms with van der Waals surface area (Å²) in [7, 11) is 0. The topological polar surface area (TPSA) is 64.5 Å².